The van der Waals surface area contributed by atoms with Crippen molar-refractivity contribution in [2.45, 2.75) is 19.5 Å². The largest absolute Gasteiger partial charge is 0.317 e. The number of thiophene rings is 1. The van der Waals surface area contributed by atoms with Crippen LogP contribution in [0.15, 0.2) is 66.2 Å². The quantitative estimate of drug-likeness (QED) is 0.358. The average Bonchev–Trinajstić information content (AvgIpc) is 3.37. The molecule has 0 N–H and O–H groups in total. The van der Waals surface area contributed by atoms with E-state index in [-0.39, 0.29) is 6.17 Å². The Morgan fingerprint density at radius 3 is 2.72 bits per heavy atom. The summed E-state index contributed by atoms with van der Waals surface area (Å²) in [6.07, 6.45) is 2.19. The molecular weight excluding hydrogens is 400 g/mol. The standard InChI is InChI=1S/C23H17ClN4S/c1-15-27(18-7-4-16(5-8-18)10-11-25)23-19-13-17(22-3-2-12-29-22)6-9-20(19)26-14-21(23)28(15)24/h2-9,12-15H,10H2,1H3. The summed E-state index contributed by atoms with van der Waals surface area (Å²) in [4.78, 5) is 8.11. The lowest BCUT2D eigenvalue weighted by atomic mass is 10.1. The summed E-state index contributed by atoms with van der Waals surface area (Å²) in [6, 6.07) is 20.9. The Balaban J connectivity index is 1.70. The number of nitriles is 1. The average molecular weight is 417 g/mol. The predicted octanol–water partition coefficient (Wildman–Crippen LogP) is 6.49. The van der Waals surface area contributed by atoms with E-state index >= 15 is 0 Å². The molecule has 0 spiro atoms. The van der Waals surface area contributed by atoms with E-state index in [1.165, 1.54) is 10.4 Å². The fraction of sp³-hybridized carbons (Fsp3) is 0.130. The number of hydrogen-bond donors (Lipinski definition) is 0. The molecule has 0 fully saturated rings. The SMILES string of the molecule is CC1N(Cl)c2cnc3ccc(-c4cccs4)cc3c2N1c1ccc(CC#N)cc1. The zero-order chi connectivity index (χ0) is 20.0. The van der Waals surface area contributed by atoms with Gasteiger partial charge < -0.3 is 4.90 Å². The molecule has 0 amide bonds. The second-order valence-corrected chi connectivity index (χ2v) is 8.33. The molecule has 0 radical (unpaired) electrons. The van der Waals surface area contributed by atoms with E-state index in [1.807, 2.05) is 18.3 Å². The number of halogens is 1. The molecule has 3 heterocycles. The second kappa shape index (κ2) is 7.07. The maximum atomic E-state index is 8.94. The van der Waals surface area contributed by atoms with Crippen molar-refractivity contribution in [3.63, 3.8) is 0 Å². The van der Waals surface area contributed by atoms with Crippen LogP contribution in [0.3, 0.4) is 0 Å². The Bertz CT molecular complexity index is 1230. The van der Waals surface area contributed by atoms with Crippen LogP contribution in [0.2, 0.25) is 0 Å². The lowest BCUT2D eigenvalue weighted by molar-refractivity contribution is 0.792. The maximum Gasteiger partial charge on any atom is 0.119 e. The van der Waals surface area contributed by atoms with Gasteiger partial charge in [0.15, 0.2) is 0 Å². The highest BCUT2D eigenvalue weighted by molar-refractivity contribution is 7.13. The van der Waals surface area contributed by atoms with Crippen LogP contribution in [0.25, 0.3) is 21.3 Å². The summed E-state index contributed by atoms with van der Waals surface area (Å²) < 4.78 is 1.74. The third-order valence-electron chi connectivity index (χ3n) is 5.30. The fourth-order valence-electron chi connectivity index (χ4n) is 3.87. The Labute approximate surface area is 178 Å². The van der Waals surface area contributed by atoms with Crippen LogP contribution in [0, 0.1) is 11.3 Å². The van der Waals surface area contributed by atoms with Gasteiger partial charge in [-0.2, -0.15) is 5.26 Å². The molecule has 142 valence electrons. The van der Waals surface area contributed by atoms with Crippen molar-refractivity contribution >= 4 is 51.1 Å². The minimum absolute atomic E-state index is 0.0636. The van der Waals surface area contributed by atoms with E-state index < -0.39 is 0 Å². The molecule has 29 heavy (non-hydrogen) atoms. The van der Waals surface area contributed by atoms with Gasteiger partial charge in [0.05, 0.1) is 35.6 Å². The summed E-state index contributed by atoms with van der Waals surface area (Å²) in [5, 5.41) is 12.1. The number of aromatic nitrogens is 1. The minimum Gasteiger partial charge on any atom is -0.317 e. The third kappa shape index (κ3) is 2.93. The summed E-state index contributed by atoms with van der Waals surface area (Å²) in [7, 11) is 0. The Kier molecular flexibility index (Phi) is 4.39. The molecule has 1 aliphatic rings. The van der Waals surface area contributed by atoms with Crippen LogP contribution in [-0.4, -0.2) is 11.1 Å². The van der Waals surface area contributed by atoms with Crippen LogP contribution >= 0.6 is 23.1 Å². The molecule has 2 aromatic carbocycles. The summed E-state index contributed by atoms with van der Waals surface area (Å²) in [5.74, 6) is 0. The van der Waals surface area contributed by atoms with Crippen molar-refractivity contribution in [3.8, 4) is 16.5 Å². The van der Waals surface area contributed by atoms with E-state index in [0.717, 1.165) is 33.5 Å². The summed E-state index contributed by atoms with van der Waals surface area (Å²) in [6.45, 7) is 2.07. The molecule has 0 saturated carbocycles. The summed E-state index contributed by atoms with van der Waals surface area (Å²) in [5.41, 5.74) is 6.12. The number of hydrogen-bond acceptors (Lipinski definition) is 5. The molecule has 1 aliphatic heterocycles. The van der Waals surface area contributed by atoms with Crippen molar-refractivity contribution in [3.05, 3.63) is 71.7 Å². The number of nitrogens with zero attached hydrogens (tertiary/aromatic N) is 4. The summed E-state index contributed by atoms with van der Waals surface area (Å²) >= 11 is 8.39. The first kappa shape index (κ1) is 18.0. The number of benzene rings is 2. The van der Waals surface area contributed by atoms with Gasteiger partial charge in [0.2, 0.25) is 0 Å². The molecular formula is C23H17ClN4S. The third-order valence-corrected chi connectivity index (χ3v) is 6.68. The number of rotatable bonds is 3. The van der Waals surface area contributed by atoms with E-state index in [0.29, 0.717) is 6.42 Å². The van der Waals surface area contributed by atoms with Crippen molar-refractivity contribution in [1.29, 1.82) is 5.26 Å². The molecule has 1 unspecified atom stereocenters. The Morgan fingerprint density at radius 1 is 1.17 bits per heavy atom. The van der Waals surface area contributed by atoms with Gasteiger partial charge in [-0.15, -0.1) is 11.3 Å². The van der Waals surface area contributed by atoms with Crippen LogP contribution in [0.1, 0.15) is 12.5 Å². The van der Waals surface area contributed by atoms with Gasteiger partial charge in [0.1, 0.15) is 6.17 Å². The first-order chi connectivity index (χ1) is 14.2. The Morgan fingerprint density at radius 2 is 2.00 bits per heavy atom. The van der Waals surface area contributed by atoms with Gasteiger partial charge >= 0.3 is 0 Å². The first-order valence-corrected chi connectivity index (χ1v) is 10.6. The van der Waals surface area contributed by atoms with Crippen molar-refractivity contribution in [1.82, 2.24) is 4.98 Å². The van der Waals surface area contributed by atoms with Crippen LogP contribution in [0.4, 0.5) is 17.1 Å². The van der Waals surface area contributed by atoms with Gasteiger partial charge in [0, 0.05) is 27.7 Å². The highest BCUT2D eigenvalue weighted by Gasteiger charge is 2.35. The normalized spacial score (nSPS) is 15.6. The van der Waals surface area contributed by atoms with E-state index in [1.54, 1.807) is 15.8 Å². The van der Waals surface area contributed by atoms with Gasteiger partial charge in [-0.25, -0.2) is 0 Å². The van der Waals surface area contributed by atoms with Gasteiger partial charge in [0.25, 0.3) is 0 Å². The van der Waals surface area contributed by atoms with Crippen molar-refractivity contribution in [2.75, 3.05) is 9.32 Å². The molecule has 0 aliphatic carbocycles. The van der Waals surface area contributed by atoms with E-state index in [2.05, 4.69) is 70.7 Å². The highest BCUT2D eigenvalue weighted by Crippen LogP contribution is 2.48. The minimum atomic E-state index is -0.0636. The van der Waals surface area contributed by atoms with Crippen LogP contribution in [0.5, 0.6) is 0 Å². The molecule has 1 atom stereocenters. The fourth-order valence-corrected chi connectivity index (χ4v) is 4.81. The molecule has 4 nitrogen and oxygen atoms in total. The monoisotopic (exact) mass is 416 g/mol. The molecule has 6 heteroatoms. The van der Waals surface area contributed by atoms with Gasteiger partial charge in [-0.05, 0) is 53.8 Å². The van der Waals surface area contributed by atoms with Gasteiger partial charge in [-0.1, -0.05) is 24.3 Å². The Hall–Kier alpha value is -3.07. The van der Waals surface area contributed by atoms with E-state index in [9.17, 15) is 0 Å². The van der Waals surface area contributed by atoms with Gasteiger partial charge in [-0.3, -0.25) is 9.40 Å². The molecule has 4 aromatic rings. The molecule has 0 saturated heterocycles. The van der Waals surface area contributed by atoms with Crippen LogP contribution in [-0.2, 0) is 6.42 Å². The van der Waals surface area contributed by atoms with E-state index in [4.69, 9.17) is 17.0 Å². The topological polar surface area (TPSA) is 43.2 Å². The number of anilines is 3. The lowest BCUT2D eigenvalue weighted by Crippen LogP contribution is -2.32. The lowest BCUT2D eigenvalue weighted by Gasteiger charge is -2.26. The molecule has 2 aromatic heterocycles. The maximum absolute atomic E-state index is 8.94. The molecule has 5 rings (SSSR count). The number of pyridine rings is 1. The molecule has 0 bridgehead atoms. The van der Waals surface area contributed by atoms with Crippen molar-refractivity contribution < 1.29 is 0 Å². The zero-order valence-electron chi connectivity index (χ0n) is 15.7. The smallest absolute Gasteiger partial charge is 0.119 e. The van der Waals surface area contributed by atoms with Crippen molar-refractivity contribution in [2.24, 2.45) is 0 Å². The highest BCUT2D eigenvalue weighted by atomic mass is 35.5. The zero-order valence-corrected chi connectivity index (χ0v) is 17.3. The second-order valence-electron chi connectivity index (χ2n) is 7.02. The number of fused-ring (bicyclic) bond motifs is 3. The first-order valence-electron chi connectivity index (χ1n) is 9.34. The van der Waals surface area contributed by atoms with Crippen LogP contribution < -0.4 is 9.32 Å². The predicted molar refractivity (Wildman–Crippen MR) is 121 cm³/mol.